The Kier molecular flexibility index (Phi) is 73.3. The average molecular weight is 1190 g/mol. The number of carbonyl (C=O) groups excluding carboxylic acids is 2. The van der Waals surface area contributed by atoms with E-state index >= 15 is 0 Å². The molecule has 2 atom stereocenters. The van der Waals surface area contributed by atoms with E-state index in [2.05, 4.69) is 19.2 Å². The van der Waals surface area contributed by atoms with Crippen LogP contribution in [0, 0.1) is 0 Å². The predicted octanol–water partition coefficient (Wildman–Crippen LogP) is 25.7. The van der Waals surface area contributed by atoms with E-state index in [9.17, 15) is 19.8 Å². The van der Waals surface area contributed by atoms with Gasteiger partial charge in [-0.2, -0.15) is 0 Å². The molecule has 0 aliphatic heterocycles. The molecule has 0 aromatic rings. The third-order valence-corrected chi connectivity index (χ3v) is 18.9. The van der Waals surface area contributed by atoms with Crippen molar-refractivity contribution in [2.24, 2.45) is 0 Å². The van der Waals surface area contributed by atoms with Crippen molar-refractivity contribution >= 4 is 11.9 Å². The minimum atomic E-state index is -0.659. The molecule has 84 heavy (non-hydrogen) atoms. The Bertz CT molecular complexity index is 1230. The van der Waals surface area contributed by atoms with E-state index in [0.717, 1.165) is 38.5 Å². The van der Waals surface area contributed by atoms with Crippen molar-refractivity contribution in [2.75, 3.05) is 13.2 Å². The topological polar surface area (TPSA) is 95.9 Å². The standard InChI is InChI=1S/C78H155NO5/c1-3-5-7-9-11-13-15-17-19-42-46-50-54-58-62-66-70-76(81)75(74-80)79-77(82)71-67-63-59-55-51-47-43-40-38-36-34-32-30-28-26-24-22-21-23-25-27-29-31-33-35-37-39-41-45-49-53-57-61-65-69-73-84-78(83)72-68-64-60-56-52-48-44-20-18-16-14-12-10-8-6-4-2/h75-76,80-81H,3-74H2,1-2H3,(H,79,82). The lowest BCUT2D eigenvalue weighted by Gasteiger charge is -2.22. The highest BCUT2D eigenvalue weighted by Crippen LogP contribution is 2.21. The molecule has 0 aliphatic rings. The monoisotopic (exact) mass is 1190 g/mol. The largest absolute Gasteiger partial charge is 0.466 e. The van der Waals surface area contributed by atoms with Crippen LogP contribution in [-0.4, -0.2) is 47.4 Å². The van der Waals surface area contributed by atoms with Crippen molar-refractivity contribution < 1.29 is 24.5 Å². The van der Waals surface area contributed by atoms with Gasteiger partial charge >= 0.3 is 5.97 Å². The lowest BCUT2D eigenvalue weighted by Crippen LogP contribution is -2.45. The van der Waals surface area contributed by atoms with Gasteiger partial charge in [0.2, 0.25) is 5.91 Å². The molecule has 0 aromatic carbocycles. The summed E-state index contributed by atoms with van der Waals surface area (Å²) in [5.74, 6) is 0.00243. The van der Waals surface area contributed by atoms with Gasteiger partial charge < -0.3 is 20.3 Å². The quantitative estimate of drug-likeness (QED) is 0.0417. The average Bonchev–Trinajstić information content (AvgIpc) is 3.51. The number of aliphatic hydroxyl groups is 2. The van der Waals surface area contributed by atoms with Crippen LogP contribution in [0.25, 0.3) is 0 Å². The third kappa shape index (κ3) is 70.0. The maximum absolute atomic E-state index is 12.5. The molecule has 0 radical (unpaired) electrons. The second-order valence-corrected chi connectivity index (χ2v) is 27.4. The molecule has 0 heterocycles. The highest BCUT2D eigenvalue weighted by Gasteiger charge is 2.20. The predicted molar refractivity (Wildman–Crippen MR) is 371 cm³/mol. The summed E-state index contributed by atoms with van der Waals surface area (Å²) in [6.45, 7) is 5.01. The second kappa shape index (κ2) is 74.3. The van der Waals surface area contributed by atoms with E-state index in [1.54, 1.807) is 0 Å². The summed E-state index contributed by atoms with van der Waals surface area (Å²) >= 11 is 0. The fourth-order valence-electron chi connectivity index (χ4n) is 12.9. The molecule has 0 rings (SSSR count). The summed E-state index contributed by atoms with van der Waals surface area (Å²) in [4.78, 5) is 24.6. The lowest BCUT2D eigenvalue weighted by atomic mass is 10.0. The molecule has 0 aliphatic carbocycles. The van der Waals surface area contributed by atoms with Crippen LogP contribution >= 0.6 is 0 Å². The van der Waals surface area contributed by atoms with Crippen molar-refractivity contribution in [2.45, 2.75) is 475 Å². The smallest absolute Gasteiger partial charge is 0.305 e. The summed E-state index contributed by atoms with van der Waals surface area (Å²) in [7, 11) is 0. The van der Waals surface area contributed by atoms with Gasteiger partial charge in [0.15, 0.2) is 0 Å². The molecule has 502 valence electrons. The molecule has 0 saturated heterocycles. The zero-order chi connectivity index (χ0) is 60.6. The van der Waals surface area contributed by atoms with Crippen LogP contribution in [0.15, 0.2) is 0 Å². The molecule has 1 amide bonds. The van der Waals surface area contributed by atoms with Gasteiger partial charge in [0.25, 0.3) is 0 Å². The molecular formula is C78H155NO5. The van der Waals surface area contributed by atoms with Gasteiger partial charge in [-0.25, -0.2) is 0 Å². The number of hydrogen-bond acceptors (Lipinski definition) is 5. The SMILES string of the molecule is CCCCCCCCCCCCCCCCCCC(=O)OCCCCCCCCCCCCCCCCCCCCCCCCCCCCCCCCCCCCCC(=O)NC(CO)C(O)CCCCCCCCCCCCCCCCCC. The first-order chi connectivity index (χ1) is 41.5. The number of rotatable bonds is 75. The summed E-state index contributed by atoms with van der Waals surface area (Å²) < 4.78 is 5.51. The molecule has 0 spiro atoms. The Morgan fingerprint density at radius 3 is 0.726 bits per heavy atom. The van der Waals surface area contributed by atoms with Crippen LogP contribution in [0.2, 0.25) is 0 Å². The maximum Gasteiger partial charge on any atom is 0.305 e. The zero-order valence-electron chi connectivity index (χ0n) is 57.7. The van der Waals surface area contributed by atoms with Crippen molar-refractivity contribution in [1.82, 2.24) is 5.32 Å². The minimum absolute atomic E-state index is 0.0250. The van der Waals surface area contributed by atoms with E-state index in [4.69, 9.17) is 4.74 Å². The minimum Gasteiger partial charge on any atom is -0.466 e. The summed E-state index contributed by atoms with van der Waals surface area (Å²) in [6.07, 6.45) is 92.0. The first kappa shape index (κ1) is 82.9. The maximum atomic E-state index is 12.5. The first-order valence-electron chi connectivity index (χ1n) is 39.3. The lowest BCUT2D eigenvalue weighted by molar-refractivity contribution is -0.143. The highest BCUT2D eigenvalue weighted by atomic mass is 16.5. The van der Waals surface area contributed by atoms with E-state index < -0.39 is 12.1 Å². The van der Waals surface area contributed by atoms with E-state index in [0.29, 0.717) is 25.9 Å². The number of amides is 1. The van der Waals surface area contributed by atoms with Gasteiger partial charge in [-0.3, -0.25) is 9.59 Å². The van der Waals surface area contributed by atoms with Crippen molar-refractivity contribution in [3.63, 3.8) is 0 Å². The Morgan fingerprint density at radius 1 is 0.286 bits per heavy atom. The van der Waals surface area contributed by atoms with E-state index in [1.165, 1.54) is 392 Å². The number of hydrogen-bond donors (Lipinski definition) is 3. The van der Waals surface area contributed by atoms with Crippen LogP contribution in [0.4, 0.5) is 0 Å². The summed E-state index contributed by atoms with van der Waals surface area (Å²) in [6, 6.07) is -0.536. The van der Waals surface area contributed by atoms with E-state index in [-0.39, 0.29) is 18.5 Å². The molecule has 0 aromatic heterocycles. The first-order valence-corrected chi connectivity index (χ1v) is 39.3. The Labute approximate surface area is 527 Å². The number of ether oxygens (including phenoxy) is 1. The van der Waals surface area contributed by atoms with Crippen LogP contribution in [0.1, 0.15) is 463 Å². The highest BCUT2D eigenvalue weighted by molar-refractivity contribution is 5.76. The normalized spacial score (nSPS) is 12.4. The molecule has 6 nitrogen and oxygen atoms in total. The number of carbonyl (C=O) groups is 2. The number of nitrogens with one attached hydrogen (secondary N) is 1. The van der Waals surface area contributed by atoms with Gasteiger partial charge in [-0.1, -0.05) is 425 Å². The van der Waals surface area contributed by atoms with Crippen LogP contribution in [-0.2, 0) is 14.3 Å². The number of aliphatic hydroxyl groups excluding tert-OH is 2. The summed E-state index contributed by atoms with van der Waals surface area (Å²) in [5.41, 5.74) is 0. The third-order valence-electron chi connectivity index (χ3n) is 18.9. The molecule has 3 N–H and O–H groups in total. The molecule has 2 unspecified atom stereocenters. The van der Waals surface area contributed by atoms with Crippen molar-refractivity contribution in [3.05, 3.63) is 0 Å². The van der Waals surface area contributed by atoms with Crippen LogP contribution in [0.3, 0.4) is 0 Å². The van der Waals surface area contributed by atoms with E-state index in [1.807, 2.05) is 0 Å². The zero-order valence-corrected chi connectivity index (χ0v) is 57.7. The Balaban J connectivity index is 3.28. The molecule has 0 bridgehead atoms. The van der Waals surface area contributed by atoms with Crippen LogP contribution < -0.4 is 5.32 Å². The van der Waals surface area contributed by atoms with Crippen molar-refractivity contribution in [3.8, 4) is 0 Å². The fraction of sp³-hybridized carbons (Fsp3) is 0.974. The number of unbranched alkanes of at least 4 members (excludes halogenated alkanes) is 64. The van der Waals surface area contributed by atoms with Crippen molar-refractivity contribution in [1.29, 1.82) is 0 Å². The Hall–Kier alpha value is -1.14. The van der Waals surface area contributed by atoms with Gasteiger partial charge in [-0.15, -0.1) is 0 Å². The van der Waals surface area contributed by atoms with Gasteiger partial charge in [0.05, 0.1) is 25.4 Å². The second-order valence-electron chi connectivity index (χ2n) is 27.4. The molecule has 0 saturated carbocycles. The van der Waals surface area contributed by atoms with Crippen LogP contribution in [0.5, 0.6) is 0 Å². The molecule has 6 heteroatoms. The fourth-order valence-corrected chi connectivity index (χ4v) is 12.9. The molecule has 0 fully saturated rings. The Morgan fingerprint density at radius 2 is 0.488 bits per heavy atom. The number of esters is 1. The van der Waals surface area contributed by atoms with Gasteiger partial charge in [-0.05, 0) is 25.7 Å². The molecular weight excluding hydrogens is 1030 g/mol. The summed E-state index contributed by atoms with van der Waals surface area (Å²) in [5, 5.41) is 23.4. The van der Waals surface area contributed by atoms with Gasteiger partial charge in [0.1, 0.15) is 0 Å². The van der Waals surface area contributed by atoms with Gasteiger partial charge in [0, 0.05) is 12.8 Å².